The second kappa shape index (κ2) is 12.4. The lowest BCUT2D eigenvalue weighted by atomic mass is 10.2. The normalized spacial score (nSPS) is 10.7. The van der Waals surface area contributed by atoms with Gasteiger partial charge in [0.1, 0.15) is 17.2 Å². The minimum Gasteiger partial charge on any atom is -0.457 e. The number of ether oxygens (including phenoxy) is 1. The summed E-state index contributed by atoms with van der Waals surface area (Å²) in [5.41, 5.74) is 2.70. The van der Waals surface area contributed by atoms with E-state index in [1.54, 1.807) is 66.8 Å². The fourth-order valence-electron chi connectivity index (χ4n) is 4.01. The van der Waals surface area contributed by atoms with Crippen molar-refractivity contribution in [2.24, 2.45) is 0 Å². The molecule has 0 atom stereocenters. The highest BCUT2D eigenvalue weighted by Crippen LogP contribution is 2.24. The molecule has 2 N–H and O–H groups in total. The van der Waals surface area contributed by atoms with Crippen molar-refractivity contribution in [1.29, 1.82) is 0 Å². The molecule has 5 aromatic rings. The third kappa shape index (κ3) is 6.92. The zero-order chi connectivity index (χ0) is 28.8. The Labute approximate surface area is 240 Å². The smallest absolute Gasteiger partial charge is 0.276 e. The molecule has 0 aliphatic rings. The maximum atomic E-state index is 13.0. The zero-order valence-electron chi connectivity index (χ0n) is 22.5. The van der Waals surface area contributed by atoms with Gasteiger partial charge in [0.25, 0.3) is 17.4 Å². The average Bonchev–Trinajstić information content (AvgIpc) is 3.48. The van der Waals surface area contributed by atoms with Crippen molar-refractivity contribution in [2.75, 3.05) is 11.9 Å². The molecule has 2 aromatic carbocycles. The molecule has 0 saturated heterocycles. The first-order valence-electron chi connectivity index (χ1n) is 12.9. The van der Waals surface area contributed by atoms with Crippen LogP contribution in [0.3, 0.4) is 0 Å². The number of hydrogen-bond acceptors (Lipinski definition) is 7. The lowest BCUT2D eigenvalue weighted by molar-refractivity contribution is 0.0948. The minimum atomic E-state index is -0.444. The van der Waals surface area contributed by atoms with Crippen LogP contribution in [0.25, 0.3) is 5.69 Å². The summed E-state index contributed by atoms with van der Waals surface area (Å²) in [4.78, 5) is 43.4. The largest absolute Gasteiger partial charge is 0.457 e. The van der Waals surface area contributed by atoms with Crippen LogP contribution in [-0.2, 0) is 6.42 Å². The molecule has 0 saturated carbocycles. The lowest BCUT2D eigenvalue weighted by Gasteiger charge is -2.11. The minimum absolute atomic E-state index is 0.142. The van der Waals surface area contributed by atoms with E-state index in [0.29, 0.717) is 35.0 Å². The monoisotopic (exact) mass is 565 g/mol. The zero-order valence-corrected chi connectivity index (χ0v) is 23.3. The summed E-state index contributed by atoms with van der Waals surface area (Å²) < 4.78 is 7.11. The third-order valence-corrected chi connectivity index (χ3v) is 7.10. The molecule has 5 rings (SSSR count). The number of amides is 2. The second-order valence-corrected chi connectivity index (χ2v) is 10.3. The number of aromatic nitrogens is 3. The molecule has 0 unspecified atom stereocenters. The van der Waals surface area contributed by atoms with E-state index in [1.165, 1.54) is 21.8 Å². The van der Waals surface area contributed by atoms with Gasteiger partial charge in [0.2, 0.25) is 0 Å². The molecule has 0 radical (unpaired) electrons. The Morgan fingerprint density at radius 3 is 2.44 bits per heavy atom. The summed E-state index contributed by atoms with van der Waals surface area (Å²) in [5.74, 6) is 0.252. The Hall–Kier alpha value is -5.09. The van der Waals surface area contributed by atoms with E-state index in [2.05, 4.69) is 20.7 Å². The van der Waals surface area contributed by atoms with Gasteiger partial charge in [-0.3, -0.25) is 19.4 Å². The molecule has 2 amide bonds. The van der Waals surface area contributed by atoms with Crippen molar-refractivity contribution in [3.63, 3.8) is 0 Å². The Balaban J connectivity index is 1.22. The number of benzene rings is 2. The topological polar surface area (TPSA) is 115 Å². The van der Waals surface area contributed by atoms with Gasteiger partial charge in [0.05, 0.1) is 5.69 Å². The van der Waals surface area contributed by atoms with E-state index in [4.69, 9.17) is 4.74 Å². The maximum absolute atomic E-state index is 13.0. The molecule has 41 heavy (non-hydrogen) atoms. The molecule has 206 valence electrons. The van der Waals surface area contributed by atoms with E-state index < -0.39 is 5.91 Å². The van der Waals surface area contributed by atoms with Gasteiger partial charge in [-0.25, -0.2) is 0 Å². The molecular formula is C31H27N5O4S. The molecule has 0 aliphatic heterocycles. The van der Waals surface area contributed by atoms with Crippen molar-refractivity contribution < 1.29 is 14.3 Å². The third-order valence-electron chi connectivity index (χ3n) is 6.16. The number of aryl methyl sites for hydroxylation is 2. The first-order chi connectivity index (χ1) is 19.9. The highest BCUT2D eigenvalue weighted by molar-refractivity contribution is 7.09. The number of thiophene rings is 1. The number of nitrogens with zero attached hydrogens (tertiary/aromatic N) is 3. The maximum Gasteiger partial charge on any atom is 0.276 e. The van der Waals surface area contributed by atoms with Gasteiger partial charge < -0.3 is 15.4 Å². The van der Waals surface area contributed by atoms with Crippen LogP contribution in [0.15, 0.2) is 95.2 Å². The number of anilines is 1. The fraction of sp³-hybridized carbons (Fsp3) is 0.129. The van der Waals surface area contributed by atoms with Gasteiger partial charge in [-0.15, -0.1) is 11.3 Å². The molecule has 0 aliphatic carbocycles. The Kier molecular flexibility index (Phi) is 8.31. The molecule has 3 heterocycles. The number of pyridine rings is 1. The number of carbonyl (C=O) groups is 2. The van der Waals surface area contributed by atoms with Crippen molar-refractivity contribution in [3.8, 4) is 17.2 Å². The molecule has 9 nitrogen and oxygen atoms in total. The van der Waals surface area contributed by atoms with Crippen LogP contribution >= 0.6 is 11.3 Å². The van der Waals surface area contributed by atoms with Crippen molar-refractivity contribution in [3.05, 3.63) is 128 Å². The van der Waals surface area contributed by atoms with Crippen LogP contribution in [0.2, 0.25) is 0 Å². The van der Waals surface area contributed by atoms with Crippen LogP contribution in [-0.4, -0.2) is 33.1 Å². The second-order valence-electron chi connectivity index (χ2n) is 9.30. The summed E-state index contributed by atoms with van der Waals surface area (Å²) >= 11 is 1.65. The van der Waals surface area contributed by atoms with Gasteiger partial charge in [-0.1, -0.05) is 23.8 Å². The lowest BCUT2D eigenvalue weighted by Crippen LogP contribution is -2.26. The van der Waals surface area contributed by atoms with Crippen molar-refractivity contribution in [1.82, 2.24) is 20.1 Å². The Morgan fingerprint density at radius 2 is 1.71 bits per heavy atom. The van der Waals surface area contributed by atoms with Gasteiger partial charge in [0.15, 0.2) is 5.69 Å². The Bertz CT molecular complexity index is 1730. The molecule has 10 heteroatoms. The van der Waals surface area contributed by atoms with E-state index >= 15 is 0 Å². The number of rotatable bonds is 9. The molecule has 0 fully saturated rings. The number of carbonyl (C=O) groups excluding carboxylic acids is 2. The summed E-state index contributed by atoms with van der Waals surface area (Å²) in [6.45, 7) is 4.14. The van der Waals surface area contributed by atoms with Crippen LogP contribution in [0, 0.1) is 13.8 Å². The summed E-state index contributed by atoms with van der Waals surface area (Å²) in [5, 5.41) is 12.0. The van der Waals surface area contributed by atoms with E-state index in [9.17, 15) is 14.4 Å². The van der Waals surface area contributed by atoms with E-state index in [1.807, 2.05) is 36.6 Å². The summed E-state index contributed by atoms with van der Waals surface area (Å²) in [6, 6.07) is 22.7. The van der Waals surface area contributed by atoms with Crippen molar-refractivity contribution in [2.45, 2.75) is 20.3 Å². The van der Waals surface area contributed by atoms with E-state index in [0.717, 1.165) is 12.0 Å². The predicted molar refractivity (Wildman–Crippen MR) is 158 cm³/mol. The number of hydrogen-bond donors (Lipinski definition) is 2. The molecule has 0 spiro atoms. The molecule has 0 bridgehead atoms. The van der Waals surface area contributed by atoms with Gasteiger partial charge in [-0.2, -0.15) is 9.78 Å². The standard InChI is InChI=1S/C31H27N5O4S/c1-20-5-9-23(10-6-20)36-28(37)18-21(2)29(35-36)31(39)34-22-7-11-24(12-8-22)40-25-13-15-32-27(19-25)30(38)33-16-14-26-4-3-17-41-26/h3-13,15,17-19H,14,16H2,1-2H3,(H,33,38)(H,34,39). The summed E-state index contributed by atoms with van der Waals surface area (Å²) in [7, 11) is 0. The predicted octanol–water partition coefficient (Wildman–Crippen LogP) is 5.32. The van der Waals surface area contributed by atoms with Gasteiger partial charge in [-0.05, 0) is 79.7 Å². The van der Waals surface area contributed by atoms with Gasteiger partial charge in [0, 0.05) is 35.4 Å². The fourth-order valence-corrected chi connectivity index (χ4v) is 4.72. The highest BCUT2D eigenvalue weighted by Gasteiger charge is 2.15. The SMILES string of the molecule is Cc1ccc(-n2nc(C(=O)Nc3ccc(Oc4ccnc(C(=O)NCCc5cccs5)c4)cc3)c(C)cc2=O)cc1. The van der Waals surface area contributed by atoms with Crippen LogP contribution < -0.4 is 20.9 Å². The first kappa shape index (κ1) is 27.5. The molecule has 3 aromatic heterocycles. The first-order valence-corrected chi connectivity index (χ1v) is 13.8. The van der Waals surface area contributed by atoms with Crippen molar-refractivity contribution >= 4 is 28.8 Å². The molecular weight excluding hydrogens is 538 g/mol. The Morgan fingerprint density at radius 1 is 0.927 bits per heavy atom. The number of nitrogens with one attached hydrogen (secondary N) is 2. The van der Waals surface area contributed by atoms with Crippen LogP contribution in [0.4, 0.5) is 5.69 Å². The quantitative estimate of drug-likeness (QED) is 0.250. The average molecular weight is 566 g/mol. The highest BCUT2D eigenvalue weighted by atomic mass is 32.1. The van der Waals surface area contributed by atoms with Crippen LogP contribution in [0.5, 0.6) is 11.5 Å². The van der Waals surface area contributed by atoms with Crippen LogP contribution in [0.1, 0.15) is 37.0 Å². The summed E-state index contributed by atoms with van der Waals surface area (Å²) in [6.07, 6.45) is 2.28. The van der Waals surface area contributed by atoms with Gasteiger partial charge >= 0.3 is 0 Å². The van der Waals surface area contributed by atoms with E-state index in [-0.39, 0.29) is 22.9 Å².